The van der Waals surface area contributed by atoms with Crippen LogP contribution < -0.4 is 0 Å². The SMILES string of the molecule is CN(Cc1cc([N+](=O)[O-])ccc1Cl)C(=O)c1cc(Cl)sc1Cl. The minimum Gasteiger partial charge on any atom is -0.337 e. The highest BCUT2D eigenvalue weighted by Gasteiger charge is 2.20. The van der Waals surface area contributed by atoms with Gasteiger partial charge in [0.05, 0.1) is 14.8 Å². The van der Waals surface area contributed by atoms with Gasteiger partial charge < -0.3 is 4.90 Å². The summed E-state index contributed by atoms with van der Waals surface area (Å²) >= 11 is 18.9. The minimum atomic E-state index is -0.517. The van der Waals surface area contributed by atoms with E-state index in [-0.39, 0.29) is 18.1 Å². The molecule has 1 heterocycles. The van der Waals surface area contributed by atoms with E-state index >= 15 is 0 Å². The fourth-order valence-corrected chi connectivity index (χ4v) is 3.44. The zero-order valence-corrected chi connectivity index (χ0v) is 14.3. The van der Waals surface area contributed by atoms with Crippen LogP contribution in [0.15, 0.2) is 24.3 Å². The highest BCUT2D eigenvalue weighted by atomic mass is 35.5. The van der Waals surface area contributed by atoms with E-state index in [1.807, 2.05) is 0 Å². The molecule has 0 saturated heterocycles. The quantitative estimate of drug-likeness (QED) is 0.561. The molecule has 0 unspecified atom stereocenters. The van der Waals surface area contributed by atoms with Crippen LogP contribution in [0.1, 0.15) is 15.9 Å². The zero-order valence-electron chi connectivity index (χ0n) is 11.2. The third-order valence-electron chi connectivity index (χ3n) is 2.88. The standard InChI is InChI=1S/C13H9Cl3N2O3S/c1-17(13(19)9-5-11(15)22-12(9)16)6-7-4-8(18(20)21)2-3-10(7)14/h2-5H,6H2,1H3. The number of rotatable bonds is 4. The maximum atomic E-state index is 12.3. The molecule has 1 aromatic heterocycles. The molecule has 9 heteroatoms. The molecule has 22 heavy (non-hydrogen) atoms. The number of nitro groups is 1. The van der Waals surface area contributed by atoms with E-state index in [4.69, 9.17) is 34.8 Å². The Kier molecular flexibility index (Phi) is 5.28. The molecule has 116 valence electrons. The van der Waals surface area contributed by atoms with Gasteiger partial charge in [-0.2, -0.15) is 0 Å². The van der Waals surface area contributed by atoms with Crippen molar-refractivity contribution in [2.45, 2.75) is 6.54 Å². The molecule has 2 rings (SSSR count). The van der Waals surface area contributed by atoms with Crippen LogP contribution in [0.2, 0.25) is 13.7 Å². The maximum Gasteiger partial charge on any atom is 0.269 e. The molecule has 0 aliphatic carbocycles. The van der Waals surface area contributed by atoms with Gasteiger partial charge in [0.2, 0.25) is 0 Å². The van der Waals surface area contributed by atoms with Crippen molar-refractivity contribution in [1.29, 1.82) is 0 Å². The van der Waals surface area contributed by atoms with E-state index < -0.39 is 4.92 Å². The van der Waals surface area contributed by atoms with E-state index in [2.05, 4.69) is 0 Å². The summed E-state index contributed by atoms with van der Waals surface area (Å²) in [6.45, 7) is 0.114. The molecule has 0 aliphatic rings. The second kappa shape index (κ2) is 6.83. The number of halogens is 3. The van der Waals surface area contributed by atoms with E-state index in [1.165, 1.54) is 29.2 Å². The average Bonchev–Trinajstić information content (AvgIpc) is 2.78. The summed E-state index contributed by atoms with van der Waals surface area (Å²) in [5.41, 5.74) is 0.682. The van der Waals surface area contributed by atoms with Gasteiger partial charge in [-0.25, -0.2) is 0 Å². The van der Waals surface area contributed by atoms with Gasteiger partial charge in [0, 0.05) is 30.7 Å². The summed E-state index contributed by atoms with van der Waals surface area (Å²) in [6.07, 6.45) is 0. The number of carbonyl (C=O) groups is 1. The van der Waals surface area contributed by atoms with Crippen LogP contribution in [-0.2, 0) is 6.54 Å². The fourth-order valence-electron chi connectivity index (χ4n) is 1.81. The number of non-ortho nitro benzene ring substituents is 1. The van der Waals surface area contributed by atoms with Gasteiger partial charge in [0.15, 0.2) is 0 Å². The molecule has 1 aromatic carbocycles. The van der Waals surface area contributed by atoms with Crippen LogP contribution in [0, 0.1) is 10.1 Å². The minimum absolute atomic E-state index is 0.0862. The summed E-state index contributed by atoms with van der Waals surface area (Å²) in [5, 5.41) is 11.2. The van der Waals surface area contributed by atoms with E-state index in [0.717, 1.165) is 11.3 Å². The van der Waals surface area contributed by atoms with E-state index in [1.54, 1.807) is 7.05 Å². The highest BCUT2D eigenvalue weighted by Crippen LogP contribution is 2.32. The predicted octanol–water partition coefficient (Wildman–Crippen LogP) is 4.89. The van der Waals surface area contributed by atoms with Crippen LogP contribution in [0.4, 0.5) is 5.69 Å². The van der Waals surface area contributed by atoms with Crippen molar-refractivity contribution >= 4 is 57.7 Å². The summed E-state index contributed by atoms with van der Waals surface area (Å²) in [5.74, 6) is -0.337. The Labute approximate surface area is 145 Å². The van der Waals surface area contributed by atoms with Gasteiger partial charge in [0.1, 0.15) is 4.34 Å². The Morgan fingerprint density at radius 2 is 2.00 bits per heavy atom. The van der Waals surface area contributed by atoms with Gasteiger partial charge >= 0.3 is 0 Å². The Morgan fingerprint density at radius 1 is 1.32 bits per heavy atom. The van der Waals surface area contributed by atoms with Gasteiger partial charge in [0.25, 0.3) is 11.6 Å². The van der Waals surface area contributed by atoms with Crippen molar-refractivity contribution in [3.8, 4) is 0 Å². The van der Waals surface area contributed by atoms with Crippen LogP contribution in [-0.4, -0.2) is 22.8 Å². The third-order valence-corrected chi connectivity index (χ3v) is 4.74. The second-order valence-corrected chi connectivity index (χ2v) is 7.12. The first-order valence-electron chi connectivity index (χ1n) is 5.92. The largest absolute Gasteiger partial charge is 0.337 e. The Balaban J connectivity index is 2.23. The number of hydrogen-bond donors (Lipinski definition) is 0. The lowest BCUT2D eigenvalue weighted by Crippen LogP contribution is -2.26. The molecule has 0 spiro atoms. The molecule has 0 fully saturated rings. The van der Waals surface area contributed by atoms with Crippen molar-refractivity contribution in [3.63, 3.8) is 0 Å². The Bertz CT molecular complexity index is 748. The first-order chi connectivity index (χ1) is 10.3. The monoisotopic (exact) mass is 378 g/mol. The smallest absolute Gasteiger partial charge is 0.269 e. The summed E-state index contributed by atoms with van der Waals surface area (Å²) in [6, 6.07) is 5.57. The van der Waals surface area contributed by atoms with Crippen LogP contribution in [0.25, 0.3) is 0 Å². The van der Waals surface area contributed by atoms with Crippen molar-refractivity contribution < 1.29 is 9.72 Å². The van der Waals surface area contributed by atoms with Gasteiger partial charge in [-0.15, -0.1) is 11.3 Å². The topological polar surface area (TPSA) is 63.4 Å². The lowest BCUT2D eigenvalue weighted by molar-refractivity contribution is -0.384. The fraction of sp³-hybridized carbons (Fsp3) is 0.154. The van der Waals surface area contributed by atoms with Crippen molar-refractivity contribution in [2.75, 3.05) is 7.05 Å². The first kappa shape index (κ1) is 17.0. The number of benzene rings is 1. The molecule has 2 aromatic rings. The van der Waals surface area contributed by atoms with Gasteiger partial charge in [-0.3, -0.25) is 14.9 Å². The number of thiophene rings is 1. The molecule has 5 nitrogen and oxygen atoms in total. The first-order valence-corrected chi connectivity index (χ1v) is 7.87. The number of amides is 1. The number of hydrogen-bond acceptors (Lipinski definition) is 4. The predicted molar refractivity (Wildman–Crippen MR) is 88.2 cm³/mol. The van der Waals surface area contributed by atoms with Crippen molar-refractivity contribution in [2.24, 2.45) is 0 Å². The molecule has 0 radical (unpaired) electrons. The highest BCUT2D eigenvalue weighted by molar-refractivity contribution is 7.20. The van der Waals surface area contributed by atoms with Crippen molar-refractivity contribution in [1.82, 2.24) is 4.90 Å². The van der Waals surface area contributed by atoms with Gasteiger partial charge in [-0.1, -0.05) is 34.8 Å². The second-order valence-electron chi connectivity index (χ2n) is 4.43. The zero-order chi connectivity index (χ0) is 16.4. The molecule has 0 atom stereocenters. The van der Waals surface area contributed by atoms with Crippen LogP contribution in [0.3, 0.4) is 0 Å². The van der Waals surface area contributed by atoms with Gasteiger partial charge in [-0.05, 0) is 17.7 Å². The maximum absolute atomic E-state index is 12.3. The average molecular weight is 380 g/mol. The van der Waals surface area contributed by atoms with Crippen molar-refractivity contribution in [3.05, 3.63) is 59.2 Å². The van der Waals surface area contributed by atoms with E-state index in [0.29, 0.717) is 24.8 Å². The van der Waals surface area contributed by atoms with Crippen LogP contribution in [0.5, 0.6) is 0 Å². The number of nitro benzene ring substituents is 1. The number of carbonyl (C=O) groups excluding carboxylic acids is 1. The summed E-state index contributed by atoms with van der Waals surface area (Å²) in [4.78, 5) is 24.0. The Morgan fingerprint density at radius 3 is 2.55 bits per heavy atom. The molecule has 1 amide bonds. The molecular formula is C13H9Cl3N2O3S. The lowest BCUT2D eigenvalue weighted by Gasteiger charge is -2.17. The van der Waals surface area contributed by atoms with Crippen LogP contribution >= 0.6 is 46.1 Å². The summed E-state index contributed by atoms with van der Waals surface area (Å²) in [7, 11) is 1.55. The molecular weight excluding hydrogens is 371 g/mol. The molecule has 0 N–H and O–H groups in total. The molecule has 0 bridgehead atoms. The molecule has 0 aliphatic heterocycles. The summed E-state index contributed by atoms with van der Waals surface area (Å²) < 4.78 is 0.710. The number of nitrogens with zero attached hydrogens (tertiary/aromatic N) is 2. The normalized spacial score (nSPS) is 10.5. The van der Waals surface area contributed by atoms with E-state index in [9.17, 15) is 14.9 Å². The third kappa shape index (κ3) is 3.70. The Hall–Kier alpha value is -1.34. The lowest BCUT2D eigenvalue weighted by atomic mass is 10.2. The molecule has 0 saturated carbocycles.